The van der Waals surface area contributed by atoms with Gasteiger partial charge in [0.05, 0.1) is 6.10 Å². The summed E-state index contributed by atoms with van der Waals surface area (Å²) in [6.45, 7) is 2.87. The van der Waals surface area contributed by atoms with Gasteiger partial charge in [-0.15, -0.1) is 0 Å². The Bertz CT molecular complexity index is 601. The number of aliphatic hydroxyl groups excluding tert-OH is 1. The molecule has 2 bridgehead atoms. The molecule has 2 saturated heterocycles. The van der Waals surface area contributed by atoms with Gasteiger partial charge in [0, 0.05) is 36.6 Å². The lowest BCUT2D eigenvalue weighted by Crippen LogP contribution is -2.50. The van der Waals surface area contributed by atoms with Crippen LogP contribution in [0, 0.1) is 12.8 Å². The summed E-state index contributed by atoms with van der Waals surface area (Å²) in [6.07, 6.45) is 9.85. The van der Waals surface area contributed by atoms with Crippen LogP contribution in [0.15, 0.2) is 0 Å². The van der Waals surface area contributed by atoms with Crippen molar-refractivity contribution in [3.05, 3.63) is 11.6 Å². The van der Waals surface area contributed by atoms with E-state index in [1.54, 1.807) is 0 Å². The second-order valence-electron chi connectivity index (χ2n) is 8.91. The monoisotopic (exact) mass is 345 g/mol. The number of aliphatic hydroxyl groups is 1. The van der Waals surface area contributed by atoms with E-state index in [0.29, 0.717) is 17.9 Å². The van der Waals surface area contributed by atoms with Crippen molar-refractivity contribution in [1.29, 1.82) is 0 Å². The largest absolute Gasteiger partial charge is 0.393 e. The first kappa shape index (κ1) is 16.2. The lowest BCUT2D eigenvalue weighted by Gasteiger charge is -2.40. The first-order valence-corrected chi connectivity index (χ1v) is 10.2. The van der Waals surface area contributed by atoms with Gasteiger partial charge in [0.25, 0.3) is 0 Å². The number of aryl methyl sites for hydroxylation is 1. The molecule has 138 valence electrons. The zero-order valence-corrected chi connectivity index (χ0v) is 15.2. The molecule has 3 N–H and O–H groups in total. The normalized spacial score (nSPS) is 41.5. The van der Waals surface area contributed by atoms with E-state index in [9.17, 15) is 5.11 Å². The maximum Gasteiger partial charge on any atom is 0.153 e. The molecule has 0 radical (unpaired) electrons. The van der Waals surface area contributed by atoms with Gasteiger partial charge in [0.15, 0.2) is 5.82 Å². The van der Waals surface area contributed by atoms with Gasteiger partial charge < -0.3 is 10.4 Å². The van der Waals surface area contributed by atoms with Crippen LogP contribution in [0.2, 0.25) is 0 Å². The number of nitrogens with one attached hydrogen (secondary N) is 2. The molecule has 0 spiro atoms. The van der Waals surface area contributed by atoms with Crippen LogP contribution in [-0.2, 0) is 0 Å². The van der Waals surface area contributed by atoms with E-state index in [1.165, 1.54) is 38.5 Å². The van der Waals surface area contributed by atoms with E-state index >= 15 is 0 Å². The molecule has 0 aromatic carbocycles. The predicted octanol–water partition coefficient (Wildman–Crippen LogP) is 1.72. The van der Waals surface area contributed by atoms with Crippen LogP contribution >= 0.6 is 0 Å². The molecule has 4 fully saturated rings. The van der Waals surface area contributed by atoms with Crippen molar-refractivity contribution in [2.24, 2.45) is 5.92 Å². The fourth-order valence-electron chi connectivity index (χ4n) is 5.74. The summed E-state index contributed by atoms with van der Waals surface area (Å²) >= 11 is 0. The Balaban J connectivity index is 1.14. The standard InChI is InChI=1S/C19H31N5O/c1-11-21-19(23-22-11)12-6-13(18(25)7-12)10-20-14-8-16-4-5-17(9-14)24(16)15-2-3-15/h12-18,20,25H,2-10H2,1H3,(H,21,22,23)/t12-,13+,14?,16?,17?,18+/m0/s1. The number of aromatic nitrogens is 3. The van der Waals surface area contributed by atoms with Crippen LogP contribution in [0.5, 0.6) is 0 Å². The number of aromatic amines is 1. The summed E-state index contributed by atoms with van der Waals surface area (Å²) in [4.78, 5) is 7.32. The number of rotatable bonds is 5. The highest BCUT2D eigenvalue weighted by Crippen LogP contribution is 2.43. The van der Waals surface area contributed by atoms with Crippen molar-refractivity contribution < 1.29 is 5.11 Å². The highest BCUT2D eigenvalue weighted by molar-refractivity contribution is 5.05. The molecule has 6 nitrogen and oxygen atoms in total. The number of fused-ring (bicyclic) bond motifs is 2. The molecule has 2 unspecified atom stereocenters. The van der Waals surface area contributed by atoms with E-state index < -0.39 is 0 Å². The molecule has 4 aliphatic rings. The average molecular weight is 345 g/mol. The highest BCUT2D eigenvalue weighted by atomic mass is 16.3. The van der Waals surface area contributed by atoms with Crippen LogP contribution in [0.1, 0.15) is 68.9 Å². The van der Waals surface area contributed by atoms with Crippen molar-refractivity contribution in [3.63, 3.8) is 0 Å². The van der Waals surface area contributed by atoms with Crippen molar-refractivity contribution in [2.75, 3.05) is 6.54 Å². The third kappa shape index (κ3) is 3.13. The van der Waals surface area contributed by atoms with Gasteiger partial charge in [-0.3, -0.25) is 10.00 Å². The van der Waals surface area contributed by atoms with Crippen LogP contribution in [0.25, 0.3) is 0 Å². The molecule has 3 heterocycles. The minimum absolute atomic E-state index is 0.223. The third-order valence-corrected chi connectivity index (χ3v) is 7.06. The third-order valence-electron chi connectivity index (χ3n) is 7.06. The van der Waals surface area contributed by atoms with E-state index in [1.807, 2.05) is 6.92 Å². The highest BCUT2D eigenvalue weighted by Gasteiger charge is 2.47. The number of hydrogen-bond donors (Lipinski definition) is 3. The topological polar surface area (TPSA) is 77.1 Å². The molecule has 5 atom stereocenters. The second kappa shape index (κ2) is 6.32. The predicted molar refractivity (Wildman–Crippen MR) is 95.3 cm³/mol. The van der Waals surface area contributed by atoms with Gasteiger partial charge in [0.1, 0.15) is 5.82 Å². The summed E-state index contributed by atoms with van der Waals surface area (Å²) in [5.74, 6) is 2.39. The number of nitrogens with zero attached hydrogens (tertiary/aromatic N) is 3. The molecule has 2 saturated carbocycles. The fourth-order valence-corrected chi connectivity index (χ4v) is 5.74. The minimum atomic E-state index is -0.223. The van der Waals surface area contributed by atoms with Gasteiger partial charge in [-0.25, -0.2) is 4.98 Å². The van der Waals surface area contributed by atoms with E-state index in [-0.39, 0.29) is 6.10 Å². The Kier molecular flexibility index (Phi) is 4.10. The van der Waals surface area contributed by atoms with Gasteiger partial charge in [-0.1, -0.05) is 0 Å². The molecular formula is C19H31N5O. The molecule has 25 heavy (non-hydrogen) atoms. The van der Waals surface area contributed by atoms with Gasteiger partial charge >= 0.3 is 0 Å². The molecule has 2 aliphatic heterocycles. The second-order valence-corrected chi connectivity index (χ2v) is 8.91. The van der Waals surface area contributed by atoms with Crippen molar-refractivity contribution in [3.8, 4) is 0 Å². The summed E-state index contributed by atoms with van der Waals surface area (Å²) in [6, 6.07) is 3.20. The summed E-state index contributed by atoms with van der Waals surface area (Å²) < 4.78 is 0. The maximum atomic E-state index is 10.5. The van der Waals surface area contributed by atoms with Crippen LogP contribution in [0.3, 0.4) is 0 Å². The van der Waals surface area contributed by atoms with E-state index in [4.69, 9.17) is 0 Å². The van der Waals surface area contributed by atoms with Crippen LogP contribution in [-0.4, -0.2) is 62.0 Å². The Labute approximate surface area is 149 Å². The van der Waals surface area contributed by atoms with Crippen molar-refractivity contribution in [2.45, 2.75) is 94.5 Å². The van der Waals surface area contributed by atoms with Gasteiger partial charge in [-0.2, -0.15) is 5.10 Å². The Morgan fingerprint density at radius 2 is 1.80 bits per heavy atom. The Hall–Kier alpha value is -0.980. The zero-order chi connectivity index (χ0) is 17.0. The van der Waals surface area contributed by atoms with E-state index in [2.05, 4.69) is 25.4 Å². The first-order chi connectivity index (χ1) is 12.2. The smallest absolute Gasteiger partial charge is 0.153 e. The Morgan fingerprint density at radius 3 is 2.44 bits per heavy atom. The Morgan fingerprint density at radius 1 is 1.08 bits per heavy atom. The van der Waals surface area contributed by atoms with Crippen molar-refractivity contribution in [1.82, 2.24) is 25.4 Å². The average Bonchev–Trinajstić information content (AvgIpc) is 3.15. The minimum Gasteiger partial charge on any atom is -0.393 e. The van der Waals surface area contributed by atoms with Gasteiger partial charge in [-0.05, 0) is 64.2 Å². The molecular weight excluding hydrogens is 314 g/mol. The quantitative estimate of drug-likeness (QED) is 0.757. The summed E-state index contributed by atoms with van der Waals surface area (Å²) in [7, 11) is 0. The molecule has 0 amide bonds. The van der Waals surface area contributed by atoms with Crippen LogP contribution < -0.4 is 5.32 Å². The van der Waals surface area contributed by atoms with Gasteiger partial charge in [0.2, 0.25) is 0 Å². The number of piperidine rings is 1. The number of H-pyrrole nitrogens is 1. The maximum absolute atomic E-state index is 10.5. The lowest BCUT2D eigenvalue weighted by atomic mass is 9.95. The van der Waals surface area contributed by atoms with E-state index in [0.717, 1.165) is 49.2 Å². The fraction of sp³-hybridized carbons (Fsp3) is 0.895. The van der Waals surface area contributed by atoms with Crippen molar-refractivity contribution >= 4 is 0 Å². The molecule has 1 aromatic rings. The number of hydrogen-bond acceptors (Lipinski definition) is 5. The SMILES string of the molecule is Cc1nc([C@H]2C[C@H](CNC3CC4CCC(C3)N4C3CC3)[C@H](O)C2)n[nH]1. The first-order valence-electron chi connectivity index (χ1n) is 10.2. The zero-order valence-electron chi connectivity index (χ0n) is 15.2. The summed E-state index contributed by atoms with van der Waals surface area (Å²) in [5.41, 5.74) is 0. The summed E-state index contributed by atoms with van der Waals surface area (Å²) in [5, 5.41) is 21.5. The molecule has 2 aliphatic carbocycles. The molecule has 5 rings (SSSR count). The lowest BCUT2D eigenvalue weighted by molar-refractivity contribution is 0.0973. The molecule has 1 aromatic heterocycles. The molecule has 6 heteroatoms. The van der Waals surface area contributed by atoms with Crippen LogP contribution in [0.4, 0.5) is 0 Å².